The van der Waals surface area contributed by atoms with Gasteiger partial charge in [-0.1, -0.05) is 37.4 Å². The van der Waals surface area contributed by atoms with Crippen LogP contribution in [0.4, 0.5) is 0 Å². The van der Waals surface area contributed by atoms with Crippen LogP contribution in [0, 0.1) is 0 Å². The smallest absolute Gasteiger partial charge is 0.151 e. The van der Waals surface area contributed by atoms with E-state index in [-0.39, 0.29) is 6.10 Å². The summed E-state index contributed by atoms with van der Waals surface area (Å²) in [6, 6.07) is 0. The predicted octanol–water partition coefficient (Wildman–Crippen LogP) is 3.68. The lowest BCUT2D eigenvalue weighted by atomic mass is 10.1. The first kappa shape index (κ1) is 11.3. The van der Waals surface area contributed by atoms with Crippen LogP contribution in [0.2, 0.25) is 0 Å². The van der Waals surface area contributed by atoms with Crippen LogP contribution < -0.4 is 0 Å². The largest absolute Gasteiger partial charge is 0.388 e. The Morgan fingerprint density at radius 3 is 3.00 bits per heavy atom. The van der Waals surface area contributed by atoms with Crippen molar-refractivity contribution in [3.63, 3.8) is 0 Å². The van der Waals surface area contributed by atoms with Gasteiger partial charge in [0.15, 0.2) is 6.10 Å². The van der Waals surface area contributed by atoms with Gasteiger partial charge in [0.1, 0.15) is 0 Å². The number of allylic oxidation sites excluding steroid dienone is 1. The van der Waals surface area contributed by atoms with Gasteiger partial charge >= 0.3 is 0 Å². The molecule has 0 saturated heterocycles. The van der Waals surface area contributed by atoms with Gasteiger partial charge in [-0.3, -0.25) is 0 Å². The minimum atomic E-state index is 0.209. The van der Waals surface area contributed by atoms with Gasteiger partial charge < -0.3 is 4.84 Å². The maximum absolute atomic E-state index is 5.26. The molecule has 0 radical (unpaired) electrons. The van der Waals surface area contributed by atoms with Gasteiger partial charge in [0, 0.05) is 6.42 Å². The fraction of sp³-hybridized carbons (Fsp3) is 0.750. The van der Waals surface area contributed by atoms with Gasteiger partial charge in [0.05, 0.1) is 5.71 Å². The van der Waals surface area contributed by atoms with Gasteiger partial charge in [0.25, 0.3) is 0 Å². The molecule has 0 amide bonds. The molecule has 1 aliphatic heterocycles. The summed E-state index contributed by atoms with van der Waals surface area (Å²) in [7, 11) is 0. The second-order valence-electron chi connectivity index (χ2n) is 3.84. The summed E-state index contributed by atoms with van der Waals surface area (Å²) in [6.07, 6.45) is 11.6. The molecule has 0 spiro atoms. The molecular weight excluding hydrogens is 174 g/mol. The number of unbranched alkanes of at least 4 members (excludes halogenated alkanes) is 3. The van der Waals surface area contributed by atoms with E-state index < -0.39 is 0 Å². The zero-order valence-corrected chi connectivity index (χ0v) is 9.33. The molecule has 2 heteroatoms. The summed E-state index contributed by atoms with van der Waals surface area (Å²) in [5, 5.41) is 4.10. The molecule has 1 rings (SSSR count). The normalized spacial score (nSPS) is 21.3. The first-order valence-electron chi connectivity index (χ1n) is 5.71. The summed E-state index contributed by atoms with van der Waals surface area (Å²) in [6.45, 7) is 4.25. The lowest BCUT2D eigenvalue weighted by molar-refractivity contribution is 0.119. The number of rotatable bonds is 6. The Kier molecular flexibility index (Phi) is 5.35. The molecule has 1 unspecified atom stereocenters. The zero-order valence-electron chi connectivity index (χ0n) is 9.33. The molecule has 0 fully saturated rings. The Morgan fingerprint density at radius 2 is 2.29 bits per heavy atom. The van der Waals surface area contributed by atoms with E-state index in [9.17, 15) is 0 Å². The molecule has 0 aromatic carbocycles. The first-order valence-corrected chi connectivity index (χ1v) is 5.71. The van der Waals surface area contributed by atoms with E-state index in [0.29, 0.717) is 0 Å². The highest BCUT2D eigenvalue weighted by molar-refractivity contribution is 5.85. The summed E-state index contributed by atoms with van der Waals surface area (Å²) in [5.74, 6) is 0. The van der Waals surface area contributed by atoms with E-state index in [1.165, 1.54) is 31.4 Å². The van der Waals surface area contributed by atoms with Crippen LogP contribution in [-0.2, 0) is 4.84 Å². The van der Waals surface area contributed by atoms with Crippen molar-refractivity contribution in [2.45, 2.75) is 58.5 Å². The minimum Gasteiger partial charge on any atom is -0.388 e. The predicted molar refractivity (Wildman–Crippen MR) is 60.5 cm³/mol. The molecule has 1 heterocycles. The highest BCUT2D eigenvalue weighted by Gasteiger charge is 2.16. The maximum atomic E-state index is 5.26. The lowest BCUT2D eigenvalue weighted by Gasteiger charge is -1.99. The van der Waals surface area contributed by atoms with Crippen molar-refractivity contribution in [1.82, 2.24) is 0 Å². The van der Waals surface area contributed by atoms with Crippen LogP contribution >= 0.6 is 0 Å². The Bertz CT molecular complexity index is 208. The number of hydrogen-bond acceptors (Lipinski definition) is 2. The molecule has 0 saturated carbocycles. The third-order valence-corrected chi connectivity index (χ3v) is 2.48. The molecule has 0 aliphatic carbocycles. The van der Waals surface area contributed by atoms with Crippen LogP contribution in [0.5, 0.6) is 0 Å². The van der Waals surface area contributed by atoms with Crippen molar-refractivity contribution < 1.29 is 4.84 Å². The van der Waals surface area contributed by atoms with E-state index in [1.54, 1.807) is 0 Å². The Labute approximate surface area is 87.0 Å². The van der Waals surface area contributed by atoms with E-state index in [2.05, 4.69) is 18.2 Å². The average Bonchev–Trinajstić information content (AvgIpc) is 2.61. The molecular formula is C12H21NO. The van der Waals surface area contributed by atoms with Gasteiger partial charge in [-0.25, -0.2) is 0 Å². The molecule has 1 atom stereocenters. The highest BCUT2D eigenvalue weighted by atomic mass is 16.6. The van der Waals surface area contributed by atoms with E-state index in [4.69, 9.17) is 4.84 Å². The van der Waals surface area contributed by atoms with E-state index >= 15 is 0 Å². The van der Waals surface area contributed by atoms with Crippen LogP contribution in [0.15, 0.2) is 17.3 Å². The van der Waals surface area contributed by atoms with Gasteiger partial charge in [0.2, 0.25) is 0 Å². The fourth-order valence-electron chi connectivity index (χ4n) is 1.67. The molecule has 0 aromatic heterocycles. The van der Waals surface area contributed by atoms with Gasteiger partial charge in [-0.15, -0.1) is 0 Å². The zero-order chi connectivity index (χ0) is 10.2. The SMILES string of the molecule is CC=CC1CC(CCCCCC)=NO1. The monoisotopic (exact) mass is 195 g/mol. The third-order valence-electron chi connectivity index (χ3n) is 2.48. The lowest BCUT2D eigenvalue weighted by Crippen LogP contribution is -2.03. The van der Waals surface area contributed by atoms with E-state index in [1.807, 2.05) is 13.0 Å². The second-order valence-corrected chi connectivity index (χ2v) is 3.84. The molecule has 0 aromatic rings. The molecule has 1 aliphatic rings. The van der Waals surface area contributed by atoms with E-state index in [0.717, 1.165) is 12.8 Å². The molecule has 14 heavy (non-hydrogen) atoms. The standard InChI is InChI=1S/C12H21NO/c1-3-5-6-7-9-11-10-12(8-4-2)14-13-11/h4,8,12H,3,5-7,9-10H2,1-2H3. The molecule has 2 nitrogen and oxygen atoms in total. The maximum Gasteiger partial charge on any atom is 0.151 e. The molecule has 80 valence electrons. The van der Waals surface area contributed by atoms with Gasteiger partial charge in [-0.2, -0.15) is 0 Å². The van der Waals surface area contributed by atoms with Crippen LogP contribution in [0.1, 0.15) is 52.4 Å². The topological polar surface area (TPSA) is 21.6 Å². The first-order chi connectivity index (χ1) is 6.86. The number of hydrogen-bond donors (Lipinski definition) is 0. The summed E-state index contributed by atoms with van der Waals surface area (Å²) >= 11 is 0. The quantitative estimate of drug-likeness (QED) is 0.468. The third kappa shape index (κ3) is 3.95. The fourth-order valence-corrected chi connectivity index (χ4v) is 1.67. The summed E-state index contributed by atoms with van der Waals surface area (Å²) in [5.41, 5.74) is 1.24. The van der Waals surface area contributed by atoms with Crippen molar-refractivity contribution in [3.8, 4) is 0 Å². The summed E-state index contributed by atoms with van der Waals surface area (Å²) < 4.78 is 0. The Balaban J connectivity index is 2.09. The average molecular weight is 195 g/mol. The van der Waals surface area contributed by atoms with Crippen molar-refractivity contribution in [2.24, 2.45) is 5.16 Å². The second kappa shape index (κ2) is 6.63. The van der Waals surface area contributed by atoms with Crippen molar-refractivity contribution in [2.75, 3.05) is 0 Å². The number of nitrogens with zero attached hydrogens (tertiary/aromatic N) is 1. The van der Waals surface area contributed by atoms with Crippen LogP contribution in [-0.4, -0.2) is 11.8 Å². The number of oxime groups is 1. The van der Waals surface area contributed by atoms with Crippen molar-refractivity contribution in [1.29, 1.82) is 0 Å². The van der Waals surface area contributed by atoms with Crippen molar-refractivity contribution in [3.05, 3.63) is 12.2 Å². The molecule has 0 N–H and O–H groups in total. The Hall–Kier alpha value is -0.790. The highest BCUT2D eigenvalue weighted by Crippen LogP contribution is 2.16. The van der Waals surface area contributed by atoms with Crippen LogP contribution in [0.3, 0.4) is 0 Å². The van der Waals surface area contributed by atoms with Gasteiger partial charge in [-0.05, 0) is 25.8 Å². The van der Waals surface area contributed by atoms with Crippen molar-refractivity contribution >= 4 is 5.71 Å². The van der Waals surface area contributed by atoms with Crippen LogP contribution in [0.25, 0.3) is 0 Å². The summed E-state index contributed by atoms with van der Waals surface area (Å²) in [4.78, 5) is 5.26. The minimum absolute atomic E-state index is 0.209. The Morgan fingerprint density at radius 1 is 1.43 bits per heavy atom. The molecule has 0 bridgehead atoms.